The zero-order chi connectivity index (χ0) is 15.1. The minimum absolute atomic E-state index is 0.136. The van der Waals surface area contributed by atoms with Crippen molar-refractivity contribution in [3.8, 4) is 11.5 Å². The smallest absolute Gasteiger partial charge is 0.255 e. The van der Waals surface area contributed by atoms with Crippen LogP contribution in [-0.4, -0.2) is 24.7 Å². The lowest BCUT2D eigenvalue weighted by molar-refractivity contribution is 0.0950. The van der Waals surface area contributed by atoms with Gasteiger partial charge in [0.05, 0.1) is 12.7 Å². The van der Waals surface area contributed by atoms with Gasteiger partial charge in [0, 0.05) is 6.54 Å². The molecular formula is C17H19NO3. The number of hydrogen-bond donors (Lipinski definition) is 2. The van der Waals surface area contributed by atoms with Crippen LogP contribution in [0.25, 0.3) is 0 Å². The summed E-state index contributed by atoms with van der Waals surface area (Å²) in [7, 11) is 1.55. The average Bonchev–Trinajstić information content (AvgIpc) is 2.51. The molecule has 4 nitrogen and oxygen atoms in total. The number of carbonyl (C=O) groups is 1. The van der Waals surface area contributed by atoms with Crippen LogP contribution in [0.3, 0.4) is 0 Å². The number of ether oxygens (including phenoxy) is 1. The van der Waals surface area contributed by atoms with Gasteiger partial charge in [0.1, 0.15) is 11.5 Å². The summed E-state index contributed by atoms with van der Waals surface area (Å²) >= 11 is 0. The van der Waals surface area contributed by atoms with Crippen LogP contribution in [-0.2, 0) is 6.42 Å². The van der Waals surface area contributed by atoms with Crippen molar-refractivity contribution in [1.29, 1.82) is 0 Å². The van der Waals surface area contributed by atoms with Gasteiger partial charge in [0.2, 0.25) is 0 Å². The summed E-state index contributed by atoms with van der Waals surface area (Å²) in [6.45, 7) is 0.576. The van der Waals surface area contributed by atoms with Gasteiger partial charge >= 0.3 is 0 Å². The highest BCUT2D eigenvalue weighted by Gasteiger charge is 2.10. The average molecular weight is 285 g/mol. The molecule has 0 aromatic heterocycles. The van der Waals surface area contributed by atoms with Gasteiger partial charge in [-0.3, -0.25) is 4.79 Å². The van der Waals surface area contributed by atoms with Gasteiger partial charge in [-0.05, 0) is 42.7 Å². The van der Waals surface area contributed by atoms with Gasteiger partial charge in [0.25, 0.3) is 5.91 Å². The van der Waals surface area contributed by atoms with Crippen molar-refractivity contribution in [2.75, 3.05) is 13.7 Å². The van der Waals surface area contributed by atoms with Crippen LogP contribution in [0.4, 0.5) is 0 Å². The number of hydrogen-bond acceptors (Lipinski definition) is 3. The summed E-state index contributed by atoms with van der Waals surface area (Å²) in [5.41, 5.74) is 1.60. The normalized spacial score (nSPS) is 10.1. The molecule has 0 radical (unpaired) electrons. The second kappa shape index (κ2) is 7.33. The number of aryl methyl sites for hydroxylation is 1. The minimum atomic E-state index is -0.136. The van der Waals surface area contributed by atoms with Crippen molar-refractivity contribution >= 4 is 5.91 Å². The van der Waals surface area contributed by atoms with Gasteiger partial charge in [0.15, 0.2) is 0 Å². The lowest BCUT2D eigenvalue weighted by Crippen LogP contribution is -2.25. The second-order valence-corrected chi connectivity index (χ2v) is 4.73. The Morgan fingerprint density at radius 3 is 2.76 bits per heavy atom. The fourth-order valence-corrected chi connectivity index (χ4v) is 2.13. The van der Waals surface area contributed by atoms with E-state index in [1.807, 2.05) is 24.3 Å². The Labute approximate surface area is 124 Å². The standard InChI is InChI=1S/C17H19NO3/c1-21-16-10-3-2-9-15(16)17(20)18-11-5-7-13-6-4-8-14(19)12-13/h2-4,6,8-10,12,19H,5,7,11H2,1H3,(H,18,20). The number of para-hydroxylation sites is 1. The predicted octanol–water partition coefficient (Wildman–Crippen LogP) is 2.76. The molecule has 2 rings (SSSR count). The van der Waals surface area contributed by atoms with Crippen LogP contribution < -0.4 is 10.1 Å². The van der Waals surface area contributed by atoms with E-state index in [2.05, 4.69) is 5.32 Å². The maximum absolute atomic E-state index is 12.1. The molecule has 2 aromatic rings. The molecule has 0 saturated carbocycles. The van der Waals surface area contributed by atoms with Crippen molar-refractivity contribution in [1.82, 2.24) is 5.32 Å². The number of phenolic OH excluding ortho intramolecular Hbond substituents is 1. The lowest BCUT2D eigenvalue weighted by atomic mass is 10.1. The first kappa shape index (κ1) is 14.9. The first-order chi connectivity index (χ1) is 10.2. The molecule has 0 saturated heterocycles. The van der Waals surface area contributed by atoms with E-state index in [0.717, 1.165) is 18.4 Å². The van der Waals surface area contributed by atoms with E-state index in [4.69, 9.17) is 4.74 Å². The van der Waals surface area contributed by atoms with Gasteiger partial charge in [-0.1, -0.05) is 24.3 Å². The summed E-state index contributed by atoms with van der Waals surface area (Å²) in [4.78, 5) is 12.1. The molecule has 0 unspecified atom stereocenters. The maximum Gasteiger partial charge on any atom is 0.255 e. The highest BCUT2D eigenvalue weighted by atomic mass is 16.5. The largest absolute Gasteiger partial charge is 0.508 e. The number of aromatic hydroxyl groups is 1. The molecule has 0 fully saturated rings. The number of benzene rings is 2. The molecule has 0 aliphatic carbocycles. The monoisotopic (exact) mass is 285 g/mol. The van der Waals surface area contributed by atoms with Crippen LogP contribution in [0.5, 0.6) is 11.5 Å². The SMILES string of the molecule is COc1ccccc1C(=O)NCCCc1cccc(O)c1. The van der Waals surface area contributed by atoms with Crippen LogP contribution >= 0.6 is 0 Å². The maximum atomic E-state index is 12.1. The minimum Gasteiger partial charge on any atom is -0.508 e. The predicted molar refractivity (Wildman–Crippen MR) is 81.8 cm³/mol. The van der Waals surface area contributed by atoms with Crippen LogP contribution in [0.15, 0.2) is 48.5 Å². The number of amides is 1. The van der Waals surface area contributed by atoms with E-state index in [9.17, 15) is 9.90 Å². The Hall–Kier alpha value is -2.49. The Morgan fingerprint density at radius 1 is 1.19 bits per heavy atom. The summed E-state index contributed by atoms with van der Waals surface area (Å²) in [6, 6.07) is 14.3. The van der Waals surface area contributed by atoms with Gasteiger partial charge < -0.3 is 15.2 Å². The summed E-state index contributed by atoms with van der Waals surface area (Å²) in [5.74, 6) is 0.705. The zero-order valence-electron chi connectivity index (χ0n) is 12.0. The molecule has 0 aliphatic heterocycles. The molecule has 0 aliphatic rings. The first-order valence-electron chi connectivity index (χ1n) is 6.90. The van der Waals surface area contributed by atoms with Crippen LogP contribution in [0.1, 0.15) is 22.3 Å². The lowest BCUT2D eigenvalue weighted by Gasteiger charge is -2.09. The molecule has 2 N–H and O–H groups in total. The topological polar surface area (TPSA) is 58.6 Å². The van der Waals surface area contributed by atoms with Crippen molar-refractivity contribution in [3.05, 3.63) is 59.7 Å². The van der Waals surface area contributed by atoms with E-state index in [-0.39, 0.29) is 11.7 Å². The highest BCUT2D eigenvalue weighted by Crippen LogP contribution is 2.17. The molecule has 0 atom stereocenters. The molecule has 2 aromatic carbocycles. The summed E-state index contributed by atoms with van der Waals surface area (Å²) < 4.78 is 5.17. The van der Waals surface area contributed by atoms with Crippen LogP contribution in [0, 0.1) is 0 Å². The van der Waals surface area contributed by atoms with E-state index in [1.54, 1.807) is 31.4 Å². The van der Waals surface area contributed by atoms with E-state index < -0.39 is 0 Å². The van der Waals surface area contributed by atoms with Gasteiger partial charge in [-0.15, -0.1) is 0 Å². The summed E-state index contributed by atoms with van der Waals surface area (Å²) in [6.07, 6.45) is 1.62. The third-order valence-electron chi connectivity index (χ3n) is 3.19. The third kappa shape index (κ3) is 4.24. The second-order valence-electron chi connectivity index (χ2n) is 4.73. The highest BCUT2D eigenvalue weighted by molar-refractivity contribution is 5.96. The van der Waals surface area contributed by atoms with Crippen molar-refractivity contribution in [2.24, 2.45) is 0 Å². The number of carbonyl (C=O) groups excluding carboxylic acids is 1. The first-order valence-corrected chi connectivity index (χ1v) is 6.90. The molecule has 4 heteroatoms. The van der Waals surface area contributed by atoms with Crippen molar-refractivity contribution in [3.63, 3.8) is 0 Å². The number of rotatable bonds is 6. The quantitative estimate of drug-likeness (QED) is 0.802. The molecule has 110 valence electrons. The Morgan fingerprint density at radius 2 is 2.00 bits per heavy atom. The molecule has 1 amide bonds. The Kier molecular flexibility index (Phi) is 5.21. The third-order valence-corrected chi connectivity index (χ3v) is 3.19. The molecule has 0 spiro atoms. The number of phenols is 1. The van der Waals surface area contributed by atoms with E-state index in [0.29, 0.717) is 17.9 Å². The van der Waals surface area contributed by atoms with E-state index >= 15 is 0 Å². The number of methoxy groups -OCH3 is 1. The summed E-state index contributed by atoms with van der Waals surface area (Å²) in [5, 5.41) is 12.3. The molecule has 0 bridgehead atoms. The van der Waals surface area contributed by atoms with E-state index in [1.165, 1.54) is 0 Å². The number of nitrogens with one attached hydrogen (secondary N) is 1. The fraction of sp³-hybridized carbons (Fsp3) is 0.235. The van der Waals surface area contributed by atoms with Crippen LogP contribution in [0.2, 0.25) is 0 Å². The molecule has 21 heavy (non-hydrogen) atoms. The van der Waals surface area contributed by atoms with Gasteiger partial charge in [-0.2, -0.15) is 0 Å². The molecule has 0 heterocycles. The zero-order valence-corrected chi connectivity index (χ0v) is 12.0. The Bertz CT molecular complexity index is 610. The molecular weight excluding hydrogens is 266 g/mol. The van der Waals surface area contributed by atoms with Gasteiger partial charge in [-0.25, -0.2) is 0 Å². The van der Waals surface area contributed by atoms with Crippen molar-refractivity contribution < 1.29 is 14.6 Å². The van der Waals surface area contributed by atoms with Crippen molar-refractivity contribution in [2.45, 2.75) is 12.8 Å². The Balaban J connectivity index is 1.82. The fourth-order valence-electron chi connectivity index (χ4n) is 2.13.